The van der Waals surface area contributed by atoms with Crippen molar-refractivity contribution in [1.29, 1.82) is 0 Å². The first-order valence-corrected chi connectivity index (χ1v) is 7.30. The number of benzene rings is 1. The maximum absolute atomic E-state index is 12.2. The molecule has 7 heteroatoms. The second-order valence-electron chi connectivity index (χ2n) is 5.59. The molecule has 2 aliphatic rings. The van der Waals surface area contributed by atoms with Gasteiger partial charge in [0.05, 0.1) is 30.1 Å². The lowest BCUT2D eigenvalue weighted by atomic mass is 10.1. The summed E-state index contributed by atoms with van der Waals surface area (Å²) >= 11 is 0. The van der Waals surface area contributed by atoms with E-state index in [0.29, 0.717) is 24.3 Å². The molecule has 0 radical (unpaired) electrons. The van der Waals surface area contributed by atoms with Crippen LogP contribution in [0.25, 0.3) is 0 Å². The van der Waals surface area contributed by atoms with Crippen molar-refractivity contribution in [3.8, 4) is 0 Å². The van der Waals surface area contributed by atoms with Crippen LogP contribution in [0, 0.1) is 11.8 Å². The van der Waals surface area contributed by atoms with Gasteiger partial charge in [-0.3, -0.25) is 14.4 Å². The van der Waals surface area contributed by atoms with E-state index in [1.54, 1.807) is 12.1 Å². The van der Waals surface area contributed by atoms with Crippen molar-refractivity contribution in [2.45, 2.75) is 19.3 Å². The first kappa shape index (κ1) is 15.2. The maximum Gasteiger partial charge on any atom is 0.336 e. The fraction of sp³-hybridized carbons (Fsp3) is 0.375. The smallest absolute Gasteiger partial charge is 0.336 e. The molecule has 2 atom stereocenters. The SMILES string of the molecule is COC(=O)[C@@H]1CC[C@H](C(=O)ON2C(=O)c3ccccc3C2=O)C1. The van der Waals surface area contributed by atoms with E-state index in [1.807, 2.05) is 0 Å². The molecule has 1 fully saturated rings. The second-order valence-corrected chi connectivity index (χ2v) is 5.59. The molecule has 23 heavy (non-hydrogen) atoms. The van der Waals surface area contributed by atoms with Crippen molar-refractivity contribution in [1.82, 2.24) is 5.06 Å². The fourth-order valence-electron chi connectivity index (χ4n) is 2.99. The summed E-state index contributed by atoms with van der Waals surface area (Å²) in [6.45, 7) is 0. The number of fused-ring (bicyclic) bond motifs is 1. The van der Waals surface area contributed by atoms with Gasteiger partial charge in [0.25, 0.3) is 11.8 Å². The average molecular weight is 317 g/mol. The number of nitrogens with zero attached hydrogens (tertiary/aromatic N) is 1. The van der Waals surface area contributed by atoms with E-state index in [-0.39, 0.29) is 23.0 Å². The normalized spacial score (nSPS) is 22.9. The van der Waals surface area contributed by atoms with Crippen LogP contribution in [0.4, 0.5) is 0 Å². The molecule has 0 spiro atoms. The van der Waals surface area contributed by atoms with Gasteiger partial charge in [0.2, 0.25) is 0 Å². The lowest BCUT2D eigenvalue weighted by molar-refractivity contribution is -0.173. The molecule has 0 N–H and O–H groups in total. The van der Waals surface area contributed by atoms with Crippen LogP contribution in [-0.2, 0) is 19.2 Å². The van der Waals surface area contributed by atoms with Gasteiger partial charge in [0.1, 0.15) is 0 Å². The number of carbonyl (C=O) groups excluding carboxylic acids is 4. The number of ether oxygens (including phenoxy) is 1. The molecule has 0 bridgehead atoms. The van der Waals surface area contributed by atoms with Gasteiger partial charge in [-0.05, 0) is 31.4 Å². The highest BCUT2D eigenvalue weighted by Gasteiger charge is 2.42. The number of methoxy groups -OCH3 is 1. The Balaban J connectivity index is 1.67. The predicted octanol–water partition coefficient (Wildman–Crippen LogP) is 1.33. The summed E-state index contributed by atoms with van der Waals surface area (Å²) < 4.78 is 4.66. The number of esters is 1. The number of hydrogen-bond acceptors (Lipinski definition) is 6. The third-order valence-electron chi connectivity index (χ3n) is 4.24. The minimum Gasteiger partial charge on any atom is -0.469 e. The lowest BCUT2D eigenvalue weighted by Crippen LogP contribution is -2.34. The van der Waals surface area contributed by atoms with E-state index in [4.69, 9.17) is 4.84 Å². The highest BCUT2D eigenvalue weighted by Crippen LogP contribution is 2.33. The standard InChI is InChI=1S/C16H15NO6/c1-22-15(20)9-6-7-10(8-9)16(21)23-17-13(18)11-4-2-3-5-12(11)14(17)19/h2-5,9-10H,6-8H2,1H3/t9-,10+/m1/s1. The van der Waals surface area contributed by atoms with E-state index in [2.05, 4.69) is 4.74 Å². The second kappa shape index (κ2) is 5.83. The Morgan fingerprint density at radius 3 is 2.04 bits per heavy atom. The van der Waals surface area contributed by atoms with E-state index >= 15 is 0 Å². The van der Waals surface area contributed by atoms with Crippen molar-refractivity contribution in [3.63, 3.8) is 0 Å². The zero-order valence-corrected chi connectivity index (χ0v) is 12.5. The van der Waals surface area contributed by atoms with Gasteiger partial charge < -0.3 is 9.57 Å². The molecule has 0 aromatic heterocycles. The predicted molar refractivity (Wildman–Crippen MR) is 75.9 cm³/mol. The highest BCUT2D eigenvalue weighted by atomic mass is 16.7. The largest absolute Gasteiger partial charge is 0.469 e. The van der Waals surface area contributed by atoms with Crippen LogP contribution in [0.1, 0.15) is 40.0 Å². The first-order valence-electron chi connectivity index (χ1n) is 7.30. The van der Waals surface area contributed by atoms with Gasteiger partial charge >= 0.3 is 11.9 Å². The minimum absolute atomic E-state index is 0.212. The number of carbonyl (C=O) groups is 4. The van der Waals surface area contributed by atoms with Gasteiger partial charge in [0, 0.05) is 0 Å². The Morgan fingerprint density at radius 1 is 1.00 bits per heavy atom. The summed E-state index contributed by atoms with van der Waals surface area (Å²) in [5, 5.41) is 0.498. The molecular weight excluding hydrogens is 302 g/mol. The van der Waals surface area contributed by atoms with Crippen LogP contribution in [0.15, 0.2) is 24.3 Å². The van der Waals surface area contributed by atoms with E-state index < -0.39 is 23.7 Å². The van der Waals surface area contributed by atoms with Gasteiger partial charge in [-0.1, -0.05) is 17.2 Å². The van der Waals surface area contributed by atoms with Gasteiger partial charge in [-0.25, -0.2) is 4.79 Å². The molecule has 1 heterocycles. The van der Waals surface area contributed by atoms with Crippen LogP contribution in [0.3, 0.4) is 0 Å². The van der Waals surface area contributed by atoms with E-state index in [0.717, 1.165) is 0 Å². The Hall–Kier alpha value is -2.70. The first-order chi connectivity index (χ1) is 11.0. The van der Waals surface area contributed by atoms with Crippen molar-refractivity contribution in [2.75, 3.05) is 7.11 Å². The minimum atomic E-state index is -0.675. The lowest BCUT2D eigenvalue weighted by Gasteiger charge is -2.15. The number of imide groups is 1. The van der Waals surface area contributed by atoms with Crippen LogP contribution >= 0.6 is 0 Å². The van der Waals surface area contributed by atoms with Gasteiger partial charge in [-0.2, -0.15) is 0 Å². The number of hydroxylamine groups is 2. The zero-order chi connectivity index (χ0) is 16.6. The molecule has 0 saturated heterocycles. The van der Waals surface area contributed by atoms with Crippen LogP contribution < -0.4 is 0 Å². The Bertz CT molecular complexity index is 663. The van der Waals surface area contributed by atoms with Crippen molar-refractivity contribution in [2.24, 2.45) is 11.8 Å². The summed E-state index contributed by atoms with van der Waals surface area (Å²) in [6, 6.07) is 6.28. The van der Waals surface area contributed by atoms with E-state index in [9.17, 15) is 19.2 Å². The summed E-state index contributed by atoms with van der Waals surface area (Å²) in [5.74, 6) is -3.21. The highest BCUT2D eigenvalue weighted by molar-refractivity contribution is 6.20. The maximum atomic E-state index is 12.2. The van der Waals surface area contributed by atoms with Crippen molar-refractivity contribution in [3.05, 3.63) is 35.4 Å². The summed E-state index contributed by atoms with van der Waals surface area (Å²) in [5.41, 5.74) is 0.424. The molecule has 1 aliphatic carbocycles. The number of rotatable bonds is 3. The average Bonchev–Trinajstić information content (AvgIpc) is 3.15. The third kappa shape index (κ3) is 2.58. The molecular formula is C16H15NO6. The van der Waals surface area contributed by atoms with Gasteiger partial charge in [-0.15, -0.1) is 0 Å². The monoisotopic (exact) mass is 317 g/mol. The number of hydrogen-bond donors (Lipinski definition) is 0. The Morgan fingerprint density at radius 2 is 1.52 bits per heavy atom. The molecule has 1 aromatic carbocycles. The summed E-state index contributed by atoms with van der Waals surface area (Å²) in [4.78, 5) is 52.9. The molecule has 1 aromatic rings. The van der Waals surface area contributed by atoms with Crippen LogP contribution in [-0.4, -0.2) is 35.9 Å². The summed E-state index contributed by atoms with van der Waals surface area (Å²) in [7, 11) is 1.30. The molecule has 120 valence electrons. The van der Waals surface area contributed by atoms with Crippen LogP contribution in [0.5, 0.6) is 0 Å². The summed E-state index contributed by atoms with van der Waals surface area (Å²) in [6.07, 6.45) is 1.28. The Labute approximate surface area is 132 Å². The Kier molecular flexibility index (Phi) is 3.85. The molecule has 3 rings (SSSR count). The molecule has 7 nitrogen and oxygen atoms in total. The van der Waals surface area contributed by atoms with Gasteiger partial charge in [0.15, 0.2) is 0 Å². The molecule has 2 amide bonds. The van der Waals surface area contributed by atoms with Crippen LogP contribution in [0.2, 0.25) is 0 Å². The molecule has 1 aliphatic heterocycles. The zero-order valence-electron chi connectivity index (χ0n) is 12.5. The third-order valence-corrected chi connectivity index (χ3v) is 4.24. The molecule has 1 saturated carbocycles. The quantitative estimate of drug-likeness (QED) is 0.617. The number of amides is 2. The van der Waals surface area contributed by atoms with E-state index in [1.165, 1.54) is 19.2 Å². The van der Waals surface area contributed by atoms with Crippen molar-refractivity contribution >= 4 is 23.8 Å². The van der Waals surface area contributed by atoms with Crippen molar-refractivity contribution < 1.29 is 28.8 Å². The molecule has 0 unspecified atom stereocenters. The fourth-order valence-corrected chi connectivity index (χ4v) is 2.99. The topological polar surface area (TPSA) is 90.0 Å².